The highest BCUT2D eigenvalue weighted by Gasteiger charge is 2.94. The SMILES string of the molecule is COCCC(F)(F)C(F)(C(F)(F)F)C(F)(F)C(F)(F)C(F)(F)C(F)(F)F. The van der Waals surface area contributed by atoms with Gasteiger partial charge in [-0.1, -0.05) is 0 Å². The summed E-state index contributed by atoms with van der Waals surface area (Å²) in [5.74, 6) is -31.0. The molecular weight excluding hydrogens is 421 g/mol. The minimum atomic E-state index is -8.24. The second-order valence-electron chi connectivity index (χ2n) is 4.82. The first kappa shape index (κ1) is 24.9. The zero-order chi connectivity index (χ0) is 21.6. The molecule has 0 aliphatic heterocycles. The number of ether oxygens (including phenoxy) is 1. The van der Waals surface area contributed by atoms with Crippen molar-refractivity contribution in [3.05, 3.63) is 0 Å². The third-order valence-corrected chi connectivity index (χ3v) is 3.09. The van der Waals surface area contributed by atoms with Crippen molar-refractivity contribution in [3.8, 4) is 0 Å². The highest BCUT2D eigenvalue weighted by molar-refractivity contribution is 5.17. The average molecular weight is 428 g/mol. The lowest BCUT2D eigenvalue weighted by molar-refractivity contribution is -0.453. The zero-order valence-corrected chi connectivity index (χ0v) is 12.0. The lowest BCUT2D eigenvalue weighted by atomic mass is 9.82. The fourth-order valence-electron chi connectivity index (χ4n) is 1.61. The molecule has 158 valence electrons. The van der Waals surface area contributed by atoms with Crippen LogP contribution in [0.4, 0.5) is 65.9 Å². The molecule has 0 aliphatic carbocycles. The molecule has 0 aromatic heterocycles. The standard InChI is InChI=1S/C10H7F15O/c1-26-3-2-4(11,12)5(13,9(20,21)22)6(14,15)7(16,17)8(18,19)10(23,24)25/h2-3H2,1H3. The highest BCUT2D eigenvalue weighted by Crippen LogP contribution is 2.64. The lowest BCUT2D eigenvalue weighted by Gasteiger charge is -2.44. The van der Waals surface area contributed by atoms with Crippen LogP contribution in [0, 0.1) is 0 Å². The second-order valence-corrected chi connectivity index (χ2v) is 4.82. The van der Waals surface area contributed by atoms with Crippen molar-refractivity contribution in [1.82, 2.24) is 0 Å². The lowest BCUT2D eigenvalue weighted by Crippen LogP contribution is -2.75. The van der Waals surface area contributed by atoms with Gasteiger partial charge in [-0.15, -0.1) is 0 Å². The van der Waals surface area contributed by atoms with Gasteiger partial charge < -0.3 is 4.74 Å². The molecule has 0 saturated carbocycles. The van der Waals surface area contributed by atoms with Crippen LogP contribution in [0.15, 0.2) is 0 Å². The monoisotopic (exact) mass is 428 g/mol. The van der Waals surface area contributed by atoms with Crippen molar-refractivity contribution in [2.45, 2.75) is 48.1 Å². The second kappa shape index (κ2) is 6.51. The molecule has 26 heavy (non-hydrogen) atoms. The van der Waals surface area contributed by atoms with Crippen molar-refractivity contribution in [3.63, 3.8) is 0 Å². The number of methoxy groups -OCH3 is 1. The van der Waals surface area contributed by atoms with Crippen molar-refractivity contribution >= 4 is 0 Å². The van der Waals surface area contributed by atoms with Crippen LogP contribution in [0.5, 0.6) is 0 Å². The Morgan fingerprint density at radius 3 is 1.19 bits per heavy atom. The van der Waals surface area contributed by atoms with Crippen LogP contribution in [-0.4, -0.2) is 55.4 Å². The Bertz CT molecular complexity index is 490. The first-order valence-electron chi connectivity index (χ1n) is 5.89. The summed E-state index contributed by atoms with van der Waals surface area (Å²) >= 11 is 0. The summed E-state index contributed by atoms with van der Waals surface area (Å²) in [4.78, 5) is 0. The Morgan fingerprint density at radius 1 is 0.538 bits per heavy atom. The van der Waals surface area contributed by atoms with Crippen molar-refractivity contribution in [2.24, 2.45) is 0 Å². The maximum absolute atomic E-state index is 13.7. The molecular formula is C10H7F15O. The normalized spacial score (nSPS) is 18.0. The summed E-state index contributed by atoms with van der Waals surface area (Å²) in [6, 6.07) is 0. The van der Waals surface area contributed by atoms with Crippen LogP contribution >= 0.6 is 0 Å². The summed E-state index contributed by atoms with van der Waals surface area (Å²) in [6.45, 7) is -1.66. The van der Waals surface area contributed by atoms with Crippen LogP contribution in [0.1, 0.15) is 6.42 Å². The third-order valence-electron chi connectivity index (χ3n) is 3.09. The summed E-state index contributed by atoms with van der Waals surface area (Å²) in [5.41, 5.74) is -7.79. The topological polar surface area (TPSA) is 9.23 Å². The molecule has 0 aromatic carbocycles. The van der Waals surface area contributed by atoms with Crippen LogP contribution < -0.4 is 0 Å². The Balaban J connectivity index is 6.70. The van der Waals surface area contributed by atoms with Crippen molar-refractivity contribution in [1.29, 1.82) is 0 Å². The van der Waals surface area contributed by atoms with E-state index in [0.717, 1.165) is 0 Å². The summed E-state index contributed by atoms with van der Waals surface area (Å²) < 4.78 is 195. The van der Waals surface area contributed by atoms with E-state index in [-0.39, 0.29) is 0 Å². The first-order chi connectivity index (χ1) is 11.1. The summed E-state index contributed by atoms with van der Waals surface area (Å²) in [6.07, 6.45) is -18.0. The molecule has 0 saturated heterocycles. The van der Waals surface area contributed by atoms with E-state index in [1.807, 2.05) is 0 Å². The predicted octanol–water partition coefficient (Wildman–Crippen LogP) is 5.40. The van der Waals surface area contributed by atoms with Gasteiger partial charge in [0.1, 0.15) is 0 Å². The van der Waals surface area contributed by atoms with E-state index < -0.39 is 54.7 Å². The van der Waals surface area contributed by atoms with Crippen LogP contribution in [0.3, 0.4) is 0 Å². The van der Waals surface area contributed by atoms with Crippen molar-refractivity contribution in [2.75, 3.05) is 13.7 Å². The van der Waals surface area contributed by atoms with Crippen molar-refractivity contribution < 1.29 is 70.6 Å². The minimum Gasteiger partial charge on any atom is -0.384 e. The van der Waals surface area contributed by atoms with E-state index in [2.05, 4.69) is 4.74 Å². The summed E-state index contributed by atoms with van der Waals surface area (Å²) in [7, 11) is 0.480. The van der Waals surface area contributed by atoms with E-state index >= 15 is 0 Å². The molecule has 0 radical (unpaired) electrons. The van der Waals surface area contributed by atoms with Gasteiger partial charge in [-0.3, -0.25) is 0 Å². The molecule has 0 N–H and O–H groups in total. The molecule has 1 unspecified atom stereocenters. The van der Waals surface area contributed by atoms with Gasteiger partial charge in [0.05, 0.1) is 6.61 Å². The maximum atomic E-state index is 13.7. The van der Waals surface area contributed by atoms with Gasteiger partial charge in [0.25, 0.3) is 5.92 Å². The largest absolute Gasteiger partial charge is 0.460 e. The third kappa shape index (κ3) is 3.28. The van der Waals surface area contributed by atoms with Crippen LogP contribution in [-0.2, 0) is 4.74 Å². The van der Waals surface area contributed by atoms with Gasteiger partial charge in [-0.25, -0.2) is 13.2 Å². The van der Waals surface area contributed by atoms with Gasteiger partial charge in [0, 0.05) is 13.5 Å². The molecule has 16 heteroatoms. The average Bonchev–Trinajstić information content (AvgIpc) is 2.40. The van der Waals surface area contributed by atoms with E-state index in [1.54, 1.807) is 0 Å². The van der Waals surface area contributed by atoms with Crippen LogP contribution in [0.2, 0.25) is 0 Å². The quantitative estimate of drug-likeness (QED) is 0.494. The van der Waals surface area contributed by atoms with Gasteiger partial charge in [-0.05, 0) is 0 Å². The van der Waals surface area contributed by atoms with E-state index in [4.69, 9.17) is 0 Å². The number of alkyl halides is 15. The van der Waals surface area contributed by atoms with Gasteiger partial charge in [0.2, 0.25) is 0 Å². The number of hydrogen-bond donors (Lipinski definition) is 0. The zero-order valence-electron chi connectivity index (χ0n) is 12.0. The summed E-state index contributed by atoms with van der Waals surface area (Å²) in [5, 5.41) is 0. The Labute approximate surface area is 134 Å². The molecule has 0 bridgehead atoms. The van der Waals surface area contributed by atoms with E-state index in [1.165, 1.54) is 0 Å². The van der Waals surface area contributed by atoms with Crippen LogP contribution in [0.25, 0.3) is 0 Å². The Morgan fingerprint density at radius 2 is 0.923 bits per heavy atom. The minimum absolute atomic E-state index is 0.480. The highest BCUT2D eigenvalue weighted by atomic mass is 19.4. The van der Waals surface area contributed by atoms with Gasteiger partial charge >= 0.3 is 35.8 Å². The fraction of sp³-hybridized carbons (Fsp3) is 1.00. The molecule has 0 aliphatic rings. The molecule has 0 fully saturated rings. The molecule has 0 spiro atoms. The molecule has 1 atom stereocenters. The predicted molar refractivity (Wildman–Crippen MR) is 52.2 cm³/mol. The smallest absolute Gasteiger partial charge is 0.384 e. The number of hydrogen-bond acceptors (Lipinski definition) is 1. The fourth-order valence-corrected chi connectivity index (χ4v) is 1.61. The van der Waals surface area contributed by atoms with Gasteiger partial charge in [0.15, 0.2) is 0 Å². The number of halogens is 15. The number of rotatable bonds is 7. The maximum Gasteiger partial charge on any atom is 0.460 e. The Kier molecular flexibility index (Phi) is 6.24. The van der Waals surface area contributed by atoms with E-state index in [9.17, 15) is 65.9 Å². The van der Waals surface area contributed by atoms with Gasteiger partial charge in [-0.2, -0.15) is 52.7 Å². The molecule has 0 rings (SSSR count). The molecule has 1 nitrogen and oxygen atoms in total. The first-order valence-corrected chi connectivity index (χ1v) is 5.89. The van der Waals surface area contributed by atoms with E-state index in [0.29, 0.717) is 7.11 Å². The molecule has 0 heterocycles. The molecule has 0 amide bonds. The Hall–Kier alpha value is -1.09. The molecule has 0 aromatic rings.